The van der Waals surface area contributed by atoms with Crippen LogP contribution in [0.3, 0.4) is 0 Å². The average Bonchev–Trinajstić information content (AvgIpc) is 2.94. The number of amides is 1. The van der Waals surface area contributed by atoms with Crippen LogP contribution in [0.5, 0.6) is 0 Å². The van der Waals surface area contributed by atoms with Crippen molar-refractivity contribution in [2.24, 2.45) is 11.7 Å². The van der Waals surface area contributed by atoms with Gasteiger partial charge in [-0.2, -0.15) is 0 Å². The number of nitrogens with two attached hydrogens (primary N) is 1. The van der Waals surface area contributed by atoms with Gasteiger partial charge in [0.05, 0.1) is 0 Å². The van der Waals surface area contributed by atoms with E-state index in [2.05, 4.69) is 18.4 Å². The van der Waals surface area contributed by atoms with Crippen LogP contribution in [0.1, 0.15) is 43.7 Å². The van der Waals surface area contributed by atoms with Crippen LogP contribution in [-0.4, -0.2) is 29.7 Å². The van der Waals surface area contributed by atoms with Gasteiger partial charge < -0.3 is 15.4 Å². The highest BCUT2D eigenvalue weighted by atomic mass is 32.1. The molecule has 0 spiro atoms. The standard InChI is InChI=1S/C15H24N2O2S/c1-10-7-12(9-20-10)13(16)11-5-6-17(8-11)14(18)19-15(2,3)4/h7,9,11,13H,5-6,8,16H2,1-4H3. The monoisotopic (exact) mass is 296 g/mol. The molecular formula is C15H24N2O2S. The van der Waals surface area contributed by atoms with E-state index in [1.54, 1.807) is 16.2 Å². The van der Waals surface area contributed by atoms with Gasteiger partial charge in [0.15, 0.2) is 0 Å². The minimum Gasteiger partial charge on any atom is -0.444 e. The molecule has 2 atom stereocenters. The van der Waals surface area contributed by atoms with Gasteiger partial charge in [-0.05, 0) is 57.0 Å². The summed E-state index contributed by atoms with van der Waals surface area (Å²) in [5.74, 6) is 0.316. The summed E-state index contributed by atoms with van der Waals surface area (Å²) in [4.78, 5) is 15.1. The maximum absolute atomic E-state index is 12.0. The van der Waals surface area contributed by atoms with E-state index < -0.39 is 5.60 Å². The molecule has 1 aromatic heterocycles. The van der Waals surface area contributed by atoms with Crippen molar-refractivity contribution in [2.45, 2.75) is 45.8 Å². The Labute approximate surface area is 124 Å². The van der Waals surface area contributed by atoms with Gasteiger partial charge in [0.1, 0.15) is 5.60 Å². The first-order chi connectivity index (χ1) is 9.26. The van der Waals surface area contributed by atoms with Gasteiger partial charge in [0.2, 0.25) is 0 Å². The van der Waals surface area contributed by atoms with Crippen LogP contribution in [0.25, 0.3) is 0 Å². The SMILES string of the molecule is Cc1cc(C(N)C2CCN(C(=O)OC(C)(C)C)C2)cs1. The van der Waals surface area contributed by atoms with Crippen molar-refractivity contribution in [1.82, 2.24) is 4.90 Å². The molecule has 5 heteroatoms. The second-order valence-corrected chi connectivity index (χ2v) is 7.61. The second-order valence-electron chi connectivity index (χ2n) is 6.49. The number of carbonyl (C=O) groups excluding carboxylic acids is 1. The van der Waals surface area contributed by atoms with Crippen LogP contribution in [-0.2, 0) is 4.74 Å². The van der Waals surface area contributed by atoms with Crippen molar-refractivity contribution < 1.29 is 9.53 Å². The molecular weight excluding hydrogens is 272 g/mol. The van der Waals surface area contributed by atoms with Crippen LogP contribution in [0.2, 0.25) is 0 Å². The van der Waals surface area contributed by atoms with E-state index in [0.29, 0.717) is 12.5 Å². The molecule has 2 unspecified atom stereocenters. The first-order valence-corrected chi connectivity index (χ1v) is 7.93. The van der Waals surface area contributed by atoms with Gasteiger partial charge in [0.25, 0.3) is 0 Å². The lowest BCUT2D eigenvalue weighted by atomic mass is 9.95. The van der Waals surface area contributed by atoms with Crippen LogP contribution in [0.15, 0.2) is 11.4 Å². The number of nitrogens with zero attached hydrogens (tertiary/aromatic N) is 1. The number of hydrogen-bond acceptors (Lipinski definition) is 4. The Hall–Kier alpha value is -1.07. The quantitative estimate of drug-likeness (QED) is 0.911. The fourth-order valence-corrected chi connectivity index (χ4v) is 3.23. The molecule has 1 saturated heterocycles. The Bertz CT molecular complexity index is 478. The van der Waals surface area contributed by atoms with Crippen LogP contribution >= 0.6 is 11.3 Å². The Balaban J connectivity index is 1.93. The number of aryl methyl sites for hydroxylation is 1. The topological polar surface area (TPSA) is 55.6 Å². The van der Waals surface area contributed by atoms with Gasteiger partial charge in [0, 0.05) is 24.0 Å². The van der Waals surface area contributed by atoms with Gasteiger partial charge in [-0.25, -0.2) is 4.79 Å². The molecule has 0 saturated carbocycles. The van der Waals surface area contributed by atoms with Crippen LogP contribution < -0.4 is 5.73 Å². The molecule has 1 fully saturated rings. The Morgan fingerprint density at radius 1 is 1.55 bits per heavy atom. The molecule has 1 aliphatic heterocycles. The predicted molar refractivity (Wildman–Crippen MR) is 81.9 cm³/mol. The zero-order chi connectivity index (χ0) is 14.9. The molecule has 0 aromatic carbocycles. The van der Waals surface area contributed by atoms with Crippen molar-refractivity contribution in [3.63, 3.8) is 0 Å². The smallest absolute Gasteiger partial charge is 0.410 e. The number of rotatable bonds is 2. The first kappa shape index (κ1) is 15.3. The fourth-order valence-electron chi connectivity index (χ4n) is 2.48. The van der Waals surface area contributed by atoms with E-state index in [1.165, 1.54) is 10.4 Å². The summed E-state index contributed by atoms with van der Waals surface area (Å²) in [6, 6.07) is 2.15. The first-order valence-electron chi connectivity index (χ1n) is 7.05. The third kappa shape index (κ3) is 3.73. The molecule has 1 aliphatic rings. The molecule has 2 rings (SSSR count). The Kier molecular flexibility index (Phi) is 4.39. The maximum Gasteiger partial charge on any atom is 0.410 e. The highest BCUT2D eigenvalue weighted by molar-refractivity contribution is 7.10. The summed E-state index contributed by atoms with van der Waals surface area (Å²) in [6.45, 7) is 9.17. The predicted octanol–water partition coefficient (Wildman–Crippen LogP) is 3.31. The molecule has 4 nitrogen and oxygen atoms in total. The number of hydrogen-bond donors (Lipinski definition) is 1. The molecule has 0 radical (unpaired) electrons. The minimum absolute atomic E-state index is 0.00684. The molecule has 112 valence electrons. The van der Waals surface area contributed by atoms with Gasteiger partial charge >= 0.3 is 6.09 Å². The van der Waals surface area contributed by atoms with E-state index in [1.807, 2.05) is 20.8 Å². The lowest BCUT2D eigenvalue weighted by Gasteiger charge is -2.25. The Morgan fingerprint density at radius 3 is 2.80 bits per heavy atom. The molecule has 2 heterocycles. The van der Waals surface area contributed by atoms with E-state index in [0.717, 1.165) is 13.0 Å². The van der Waals surface area contributed by atoms with E-state index in [-0.39, 0.29) is 12.1 Å². The number of ether oxygens (including phenoxy) is 1. The largest absolute Gasteiger partial charge is 0.444 e. The van der Waals surface area contributed by atoms with Gasteiger partial charge in [-0.15, -0.1) is 11.3 Å². The zero-order valence-electron chi connectivity index (χ0n) is 12.7. The third-order valence-electron chi connectivity index (χ3n) is 3.52. The molecule has 0 bridgehead atoms. The highest BCUT2D eigenvalue weighted by Crippen LogP contribution is 2.31. The van der Waals surface area contributed by atoms with E-state index >= 15 is 0 Å². The van der Waals surface area contributed by atoms with E-state index in [9.17, 15) is 4.79 Å². The van der Waals surface area contributed by atoms with Crippen molar-refractivity contribution in [2.75, 3.05) is 13.1 Å². The number of thiophene rings is 1. The van der Waals surface area contributed by atoms with Crippen molar-refractivity contribution >= 4 is 17.4 Å². The highest BCUT2D eigenvalue weighted by Gasteiger charge is 2.33. The van der Waals surface area contributed by atoms with Gasteiger partial charge in [-0.3, -0.25) is 0 Å². The lowest BCUT2D eigenvalue weighted by molar-refractivity contribution is 0.0286. The summed E-state index contributed by atoms with van der Waals surface area (Å²) in [5, 5.41) is 2.12. The van der Waals surface area contributed by atoms with Gasteiger partial charge in [-0.1, -0.05) is 0 Å². The molecule has 0 aliphatic carbocycles. The van der Waals surface area contributed by atoms with Crippen molar-refractivity contribution in [3.05, 3.63) is 21.9 Å². The van der Waals surface area contributed by atoms with Crippen molar-refractivity contribution in [1.29, 1.82) is 0 Å². The summed E-state index contributed by atoms with van der Waals surface area (Å²) < 4.78 is 5.41. The summed E-state index contributed by atoms with van der Waals surface area (Å²) in [7, 11) is 0. The van der Waals surface area contributed by atoms with Crippen LogP contribution in [0.4, 0.5) is 4.79 Å². The maximum atomic E-state index is 12.0. The molecule has 20 heavy (non-hydrogen) atoms. The molecule has 1 amide bonds. The second kappa shape index (κ2) is 5.74. The summed E-state index contributed by atoms with van der Waals surface area (Å²) in [6.07, 6.45) is 0.712. The number of carbonyl (C=O) groups is 1. The molecule has 2 N–H and O–H groups in total. The van der Waals surface area contributed by atoms with Crippen molar-refractivity contribution in [3.8, 4) is 0 Å². The fraction of sp³-hybridized carbons (Fsp3) is 0.667. The normalized spacial score (nSPS) is 21.1. The number of likely N-dealkylation sites (tertiary alicyclic amines) is 1. The molecule has 1 aromatic rings. The average molecular weight is 296 g/mol. The van der Waals surface area contributed by atoms with E-state index in [4.69, 9.17) is 10.5 Å². The lowest BCUT2D eigenvalue weighted by Crippen LogP contribution is -2.36. The third-order valence-corrected chi connectivity index (χ3v) is 4.40. The Morgan fingerprint density at radius 2 is 2.25 bits per heavy atom. The van der Waals surface area contributed by atoms with Crippen LogP contribution in [0, 0.1) is 12.8 Å². The summed E-state index contributed by atoms with van der Waals surface area (Å²) in [5.41, 5.74) is 7.07. The zero-order valence-corrected chi connectivity index (χ0v) is 13.5. The minimum atomic E-state index is -0.443. The summed E-state index contributed by atoms with van der Waals surface area (Å²) >= 11 is 1.72.